The smallest absolute Gasteiger partial charge is 0.222 e. The predicted octanol–water partition coefficient (Wildman–Crippen LogP) is 3.74. The molecule has 1 N–H and O–H groups in total. The molecule has 0 bridgehead atoms. The quantitative estimate of drug-likeness (QED) is 0.429. The van der Waals surface area contributed by atoms with E-state index in [0.717, 1.165) is 25.5 Å². The van der Waals surface area contributed by atoms with E-state index in [-0.39, 0.29) is 5.91 Å². The van der Waals surface area contributed by atoms with Crippen molar-refractivity contribution >= 4 is 23.6 Å². The van der Waals surface area contributed by atoms with E-state index in [0.29, 0.717) is 19.5 Å². The number of likely N-dealkylation sites (tertiary alicyclic amines) is 1. The molecule has 6 heteroatoms. The average Bonchev–Trinajstić information content (AvgIpc) is 3.14. The van der Waals surface area contributed by atoms with Crippen LogP contribution in [0.25, 0.3) is 0 Å². The zero-order valence-corrected chi connectivity index (χ0v) is 18.3. The Morgan fingerprint density at radius 2 is 1.93 bits per heavy atom. The summed E-state index contributed by atoms with van der Waals surface area (Å²) in [6.07, 6.45) is 3.75. The summed E-state index contributed by atoms with van der Waals surface area (Å²) in [6.45, 7) is 3.07. The Morgan fingerprint density at radius 1 is 1.17 bits per heavy atom. The molecule has 1 amide bonds. The molecule has 2 aromatic carbocycles. The fraction of sp³-hybridized carbons (Fsp3) is 0.391. The van der Waals surface area contributed by atoms with E-state index in [4.69, 9.17) is 0 Å². The fourth-order valence-electron chi connectivity index (χ4n) is 3.58. The van der Waals surface area contributed by atoms with Gasteiger partial charge in [0.25, 0.3) is 0 Å². The molecule has 0 atom stereocenters. The summed E-state index contributed by atoms with van der Waals surface area (Å²) in [5, 5.41) is 3.45. The summed E-state index contributed by atoms with van der Waals surface area (Å²) in [5.41, 5.74) is 3.62. The first kappa shape index (κ1) is 21.2. The molecule has 1 fully saturated rings. The maximum Gasteiger partial charge on any atom is 0.222 e. The van der Waals surface area contributed by atoms with E-state index in [2.05, 4.69) is 70.0 Å². The van der Waals surface area contributed by atoms with E-state index in [9.17, 15) is 4.79 Å². The lowest BCUT2D eigenvalue weighted by atomic mass is 10.1. The fourth-order valence-corrected chi connectivity index (χ4v) is 3.98. The molecule has 0 spiro atoms. The number of nitrogens with one attached hydrogen (secondary N) is 1. The molecule has 0 aromatic heterocycles. The minimum atomic E-state index is 0.265. The van der Waals surface area contributed by atoms with Gasteiger partial charge in [0.15, 0.2) is 5.96 Å². The van der Waals surface area contributed by atoms with Crippen LogP contribution >= 0.6 is 11.8 Å². The van der Waals surface area contributed by atoms with E-state index in [1.807, 2.05) is 19.0 Å². The molecule has 0 radical (unpaired) electrons. The van der Waals surface area contributed by atoms with E-state index >= 15 is 0 Å². The summed E-state index contributed by atoms with van der Waals surface area (Å²) in [4.78, 5) is 21.6. The second kappa shape index (κ2) is 10.3. The number of carbonyl (C=O) groups is 1. The highest BCUT2D eigenvalue weighted by Gasteiger charge is 2.19. The summed E-state index contributed by atoms with van der Waals surface area (Å²) >= 11 is 1.75. The van der Waals surface area contributed by atoms with Crippen LogP contribution in [0.1, 0.15) is 29.5 Å². The second-order valence-electron chi connectivity index (χ2n) is 7.34. The molecular weight excluding hydrogens is 380 g/mol. The Hall–Kier alpha value is -2.47. The molecule has 154 valence electrons. The van der Waals surface area contributed by atoms with Crippen molar-refractivity contribution in [3.63, 3.8) is 0 Å². The molecular formula is C23H30N4OS. The molecule has 0 unspecified atom stereocenters. The lowest BCUT2D eigenvalue weighted by Gasteiger charge is -2.22. The third kappa shape index (κ3) is 6.00. The Balaban J connectivity index is 1.55. The van der Waals surface area contributed by atoms with Crippen LogP contribution in [-0.4, -0.2) is 48.6 Å². The van der Waals surface area contributed by atoms with Crippen LogP contribution in [0.5, 0.6) is 0 Å². The summed E-state index contributed by atoms with van der Waals surface area (Å²) in [5.74, 6) is 1.13. The monoisotopic (exact) mass is 410 g/mol. The van der Waals surface area contributed by atoms with Gasteiger partial charge in [-0.2, -0.15) is 0 Å². The normalized spacial score (nSPS) is 14.4. The second-order valence-corrected chi connectivity index (χ2v) is 8.22. The highest BCUT2D eigenvalue weighted by molar-refractivity contribution is 7.98. The van der Waals surface area contributed by atoms with Gasteiger partial charge in [0, 0.05) is 51.6 Å². The van der Waals surface area contributed by atoms with Crippen molar-refractivity contribution in [3.8, 4) is 0 Å². The maximum absolute atomic E-state index is 11.9. The first-order valence-electron chi connectivity index (χ1n) is 9.99. The highest BCUT2D eigenvalue weighted by atomic mass is 32.2. The number of hydrogen-bond acceptors (Lipinski definition) is 3. The zero-order chi connectivity index (χ0) is 20.6. The van der Waals surface area contributed by atoms with Crippen molar-refractivity contribution in [2.45, 2.75) is 37.4 Å². The van der Waals surface area contributed by atoms with Gasteiger partial charge in [0.2, 0.25) is 5.91 Å². The molecule has 3 rings (SSSR count). The number of nitrogens with zero attached hydrogens (tertiary/aromatic N) is 3. The van der Waals surface area contributed by atoms with Crippen molar-refractivity contribution in [1.82, 2.24) is 15.1 Å². The largest absolute Gasteiger partial charge is 0.352 e. The average molecular weight is 411 g/mol. The first-order chi connectivity index (χ1) is 14.1. The molecule has 1 saturated heterocycles. The Bertz CT molecular complexity index is 850. The molecule has 1 aliphatic heterocycles. The highest BCUT2D eigenvalue weighted by Crippen LogP contribution is 2.16. The van der Waals surface area contributed by atoms with Crippen LogP contribution in [0.2, 0.25) is 0 Å². The molecule has 1 heterocycles. The number of benzene rings is 2. The lowest BCUT2D eigenvalue weighted by molar-refractivity contribution is -0.128. The summed E-state index contributed by atoms with van der Waals surface area (Å²) in [7, 11) is 3.86. The summed E-state index contributed by atoms with van der Waals surface area (Å²) < 4.78 is 0. The SMILES string of the molecule is CN=C(NCc1cccc(CN2CCCC2=O)c1)N(C)Cc1ccc(SC)cc1. The first-order valence-corrected chi connectivity index (χ1v) is 11.2. The topological polar surface area (TPSA) is 47.9 Å². The molecule has 29 heavy (non-hydrogen) atoms. The minimum Gasteiger partial charge on any atom is -0.352 e. The number of rotatable bonds is 7. The van der Waals surface area contributed by atoms with E-state index in [1.54, 1.807) is 11.8 Å². The number of hydrogen-bond donors (Lipinski definition) is 1. The van der Waals surface area contributed by atoms with Crippen LogP contribution in [-0.2, 0) is 24.4 Å². The minimum absolute atomic E-state index is 0.265. The molecule has 0 saturated carbocycles. The van der Waals surface area contributed by atoms with Crippen LogP contribution in [0.3, 0.4) is 0 Å². The zero-order valence-electron chi connectivity index (χ0n) is 17.5. The van der Waals surface area contributed by atoms with E-state index < -0.39 is 0 Å². The van der Waals surface area contributed by atoms with Gasteiger partial charge >= 0.3 is 0 Å². The maximum atomic E-state index is 11.9. The Kier molecular flexibility index (Phi) is 7.58. The van der Waals surface area contributed by atoms with Crippen molar-refractivity contribution in [1.29, 1.82) is 0 Å². The van der Waals surface area contributed by atoms with Crippen molar-refractivity contribution in [3.05, 3.63) is 65.2 Å². The van der Waals surface area contributed by atoms with Gasteiger partial charge in [0.05, 0.1) is 0 Å². The van der Waals surface area contributed by atoms with Gasteiger partial charge in [-0.25, -0.2) is 0 Å². The third-order valence-corrected chi connectivity index (χ3v) is 5.88. The van der Waals surface area contributed by atoms with Crippen molar-refractivity contribution in [2.24, 2.45) is 4.99 Å². The van der Waals surface area contributed by atoms with Crippen LogP contribution in [0, 0.1) is 0 Å². The van der Waals surface area contributed by atoms with Gasteiger partial charge in [-0.05, 0) is 41.5 Å². The number of guanidine groups is 1. The number of thioether (sulfide) groups is 1. The number of carbonyl (C=O) groups excluding carboxylic acids is 1. The van der Waals surface area contributed by atoms with Crippen LogP contribution in [0.4, 0.5) is 0 Å². The van der Waals surface area contributed by atoms with Crippen molar-refractivity contribution in [2.75, 3.05) is 26.9 Å². The van der Waals surface area contributed by atoms with Crippen LogP contribution in [0.15, 0.2) is 58.4 Å². The van der Waals surface area contributed by atoms with Gasteiger partial charge in [0.1, 0.15) is 0 Å². The predicted molar refractivity (Wildman–Crippen MR) is 121 cm³/mol. The van der Waals surface area contributed by atoms with Gasteiger partial charge in [-0.3, -0.25) is 9.79 Å². The third-order valence-electron chi connectivity index (χ3n) is 5.14. The summed E-state index contributed by atoms with van der Waals surface area (Å²) in [6, 6.07) is 17.1. The molecule has 5 nitrogen and oxygen atoms in total. The molecule has 0 aliphatic carbocycles. The van der Waals surface area contributed by atoms with Gasteiger partial charge < -0.3 is 15.1 Å². The van der Waals surface area contributed by atoms with E-state index in [1.165, 1.54) is 21.6 Å². The number of amides is 1. The molecule has 1 aliphatic rings. The van der Waals surface area contributed by atoms with Crippen LogP contribution < -0.4 is 5.32 Å². The standard InChI is InChI=1S/C23H30N4OS/c1-24-23(26(2)16-18-9-11-21(29-3)12-10-18)25-15-19-6-4-7-20(14-19)17-27-13-5-8-22(27)28/h4,6-7,9-12,14H,5,8,13,15-17H2,1-3H3,(H,24,25). The molecule has 2 aromatic rings. The Morgan fingerprint density at radius 3 is 2.59 bits per heavy atom. The van der Waals surface area contributed by atoms with Gasteiger partial charge in [-0.15, -0.1) is 11.8 Å². The van der Waals surface area contributed by atoms with Crippen molar-refractivity contribution < 1.29 is 4.79 Å². The Labute approximate surface area is 178 Å². The van der Waals surface area contributed by atoms with Gasteiger partial charge in [-0.1, -0.05) is 36.4 Å². The lowest BCUT2D eigenvalue weighted by Crippen LogP contribution is -2.38. The number of aliphatic imine (C=N–C) groups is 1.